The van der Waals surface area contributed by atoms with Crippen molar-refractivity contribution < 1.29 is 19.2 Å². The first kappa shape index (κ1) is 27.9. The second kappa shape index (κ2) is 12.0. The highest BCUT2D eigenvalue weighted by Gasteiger charge is 2.35. The minimum absolute atomic E-state index is 0.0156. The Morgan fingerprint density at radius 3 is 2.65 bits per heavy atom. The van der Waals surface area contributed by atoms with E-state index in [1.54, 1.807) is 6.07 Å². The average Bonchev–Trinajstić information content (AvgIpc) is 3.04. The molecule has 2 aromatic carbocycles. The SMILES string of the molecule is O=C(CC[NH+]1CCOCC1)Nc1cc(C(=O)N2CCc3ccccc3C2)ccc1N1CC2CC(C1)c1cccc(=O)n1C2. The number of nitrogens with zero attached hydrogens (tertiary/aromatic N) is 3. The molecule has 224 valence electrons. The molecule has 2 bridgehead atoms. The van der Waals surface area contributed by atoms with Crippen molar-refractivity contribution in [1.82, 2.24) is 9.47 Å². The lowest BCUT2D eigenvalue weighted by atomic mass is 9.83. The van der Waals surface area contributed by atoms with Crippen LogP contribution in [0.2, 0.25) is 0 Å². The number of quaternary nitrogens is 1. The molecule has 43 heavy (non-hydrogen) atoms. The minimum atomic E-state index is -0.0363. The Labute approximate surface area is 252 Å². The van der Waals surface area contributed by atoms with Crippen LogP contribution in [0.4, 0.5) is 11.4 Å². The summed E-state index contributed by atoms with van der Waals surface area (Å²) in [4.78, 5) is 45.2. The van der Waals surface area contributed by atoms with Crippen LogP contribution >= 0.6 is 0 Å². The number of rotatable bonds is 6. The van der Waals surface area contributed by atoms with Gasteiger partial charge in [0.15, 0.2) is 0 Å². The standard InChI is InChI=1S/C34H39N5O4/c40-32(11-12-36-14-16-43-17-15-36)35-29-19-26(34(42)37-13-10-25-4-1-2-5-27(25)22-37)8-9-31(29)38-20-24-18-28(23-38)30-6-3-7-33(41)39(30)21-24/h1-9,19,24,28H,10-18,20-23H2,(H,35,40)/p+1. The molecule has 4 aliphatic rings. The van der Waals surface area contributed by atoms with Crippen molar-refractivity contribution in [3.8, 4) is 0 Å². The van der Waals surface area contributed by atoms with Crippen molar-refractivity contribution in [3.05, 3.63) is 93.4 Å². The fraction of sp³-hybridized carbons (Fsp3) is 0.441. The summed E-state index contributed by atoms with van der Waals surface area (Å²) in [6.07, 6.45) is 2.31. The molecule has 0 spiro atoms. The van der Waals surface area contributed by atoms with Crippen molar-refractivity contribution in [1.29, 1.82) is 0 Å². The number of hydrogen-bond donors (Lipinski definition) is 2. The number of amides is 2. The average molecular weight is 583 g/mol. The Kier molecular flexibility index (Phi) is 7.76. The Morgan fingerprint density at radius 2 is 1.79 bits per heavy atom. The van der Waals surface area contributed by atoms with E-state index >= 15 is 0 Å². The van der Waals surface area contributed by atoms with Gasteiger partial charge in [-0.2, -0.15) is 0 Å². The van der Waals surface area contributed by atoms with Gasteiger partial charge in [0.1, 0.15) is 13.1 Å². The second-order valence-corrected chi connectivity index (χ2v) is 12.5. The molecule has 0 aliphatic carbocycles. The number of nitrogens with one attached hydrogen (secondary N) is 2. The van der Waals surface area contributed by atoms with Crippen LogP contribution in [0.5, 0.6) is 0 Å². The predicted molar refractivity (Wildman–Crippen MR) is 165 cm³/mol. The summed E-state index contributed by atoms with van der Waals surface area (Å²) < 4.78 is 7.40. The maximum Gasteiger partial charge on any atom is 0.254 e. The van der Waals surface area contributed by atoms with Gasteiger partial charge in [0, 0.05) is 56.0 Å². The van der Waals surface area contributed by atoms with Gasteiger partial charge in [-0.15, -0.1) is 0 Å². The second-order valence-electron chi connectivity index (χ2n) is 12.5. The van der Waals surface area contributed by atoms with Crippen molar-refractivity contribution >= 4 is 23.2 Å². The van der Waals surface area contributed by atoms with E-state index in [1.165, 1.54) is 16.0 Å². The molecule has 2 amide bonds. The molecular weight excluding hydrogens is 542 g/mol. The molecule has 2 atom stereocenters. The molecule has 5 heterocycles. The first-order valence-electron chi connectivity index (χ1n) is 15.7. The fourth-order valence-corrected chi connectivity index (χ4v) is 7.40. The van der Waals surface area contributed by atoms with Crippen molar-refractivity contribution in [2.24, 2.45) is 5.92 Å². The zero-order valence-corrected chi connectivity index (χ0v) is 24.6. The number of anilines is 2. The number of aromatic nitrogens is 1. The number of morpholine rings is 1. The largest absolute Gasteiger partial charge is 0.370 e. The number of carbonyl (C=O) groups excluding carboxylic acids is 2. The highest BCUT2D eigenvalue weighted by Crippen LogP contribution is 2.39. The van der Waals surface area contributed by atoms with Crippen LogP contribution in [-0.2, 0) is 29.0 Å². The molecule has 2 saturated heterocycles. The summed E-state index contributed by atoms with van der Waals surface area (Å²) in [6.45, 7) is 7.60. The highest BCUT2D eigenvalue weighted by molar-refractivity contribution is 6.00. The van der Waals surface area contributed by atoms with Crippen LogP contribution in [0.25, 0.3) is 0 Å². The molecule has 9 heteroatoms. The molecule has 2 unspecified atom stereocenters. The van der Waals surface area contributed by atoms with Gasteiger partial charge >= 0.3 is 0 Å². The monoisotopic (exact) mass is 582 g/mol. The fourth-order valence-electron chi connectivity index (χ4n) is 7.40. The highest BCUT2D eigenvalue weighted by atomic mass is 16.5. The van der Waals surface area contributed by atoms with Gasteiger partial charge in [-0.1, -0.05) is 30.3 Å². The first-order valence-corrected chi connectivity index (χ1v) is 15.7. The molecule has 0 radical (unpaired) electrons. The first-order chi connectivity index (χ1) is 21.0. The molecule has 9 nitrogen and oxygen atoms in total. The Morgan fingerprint density at radius 1 is 0.953 bits per heavy atom. The lowest BCUT2D eigenvalue weighted by Crippen LogP contribution is -3.14. The minimum Gasteiger partial charge on any atom is -0.370 e. The zero-order chi connectivity index (χ0) is 29.3. The zero-order valence-electron chi connectivity index (χ0n) is 24.6. The number of pyridine rings is 1. The molecule has 4 aliphatic heterocycles. The summed E-state index contributed by atoms with van der Waals surface area (Å²) in [6, 6.07) is 19.7. The van der Waals surface area contributed by atoms with Crippen LogP contribution in [-0.4, -0.2) is 73.8 Å². The van der Waals surface area contributed by atoms with E-state index in [0.717, 1.165) is 70.2 Å². The van der Waals surface area contributed by atoms with Crippen molar-refractivity contribution in [2.45, 2.75) is 38.3 Å². The summed E-state index contributed by atoms with van der Waals surface area (Å²) >= 11 is 0. The van der Waals surface area contributed by atoms with Gasteiger partial charge in [-0.05, 0) is 54.2 Å². The lowest BCUT2D eigenvalue weighted by Gasteiger charge is -2.44. The van der Waals surface area contributed by atoms with Gasteiger partial charge < -0.3 is 29.3 Å². The third-order valence-corrected chi connectivity index (χ3v) is 9.66. The molecule has 1 aromatic heterocycles. The van der Waals surface area contributed by atoms with Gasteiger partial charge in [-0.3, -0.25) is 14.4 Å². The maximum absolute atomic E-state index is 13.7. The summed E-state index contributed by atoms with van der Waals surface area (Å²) in [5.74, 6) is 0.531. The molecular formula is C34H40N5O4+. The summed E-state index contributed by atoms with van der Waals surface area (Å²) in [5.41, 5.74) is 5.87. The number of ether oxygens (including phenoxy) is 1. The number of fused-ring (bicyclic) bond motifs is 5. The Balaban J connectivity index is 1.14. The maximum atomic E-state index is 13.7. The van der Waals surface area contributed by atoms with Gasteiger partial charge in [0.2, 0.25) is 5.91 Å². The molecule has 3 aromatic rings. The van der Waals surface area contributed by atoms with Crippen LogP contribution in [0.1, 0.15) is 45.9 Å². The van der Waals surface area contributed by atoms with Gasteiger partial charge in [-0.25, -0.2) is 0 Å². The smallest absolute Gasteiger partial charge is 0.254 e. The number of carbonyl (C=O) groups is 2. The predicted octanol–water partition coefficient (Wildman–Crippen LogP) is 1.91. The van der Waals surface area contributed by atoms with Crippen LogP contribution in [0.3, 0.4) is 0 Å². The van der Waals surface area contributed by atoms with Crippen molar-refractivity contribution in [2.75, 3.05) is 62.7 Å². The number of hydrogen-bond acceptors (Lipinski definition) is 5. The Bertz CT molecular complexity index is 1580. The third kappa shape index (κ3) is 5.84. The molecule has 7 rings (SSSR count). The van der Waals surface area contributed by atoms with E-state index in [-0.39, 0.29) is 23.3 Å². The van der Waals surface area contributed by atoms with Crippen molar-refractivity contribution in [3.63, 3.8) is 0 Å². The quantitative estimate of drug-likeness (QED) is 0.464. The van der Waals surface area contributed by atoms with E-state index in [4.69, 9.17) is 4.74 Å². The summed E-state index contributed by atoms with van der Waals surface area (Å²) in [7, 11) is 0. The van der Waals surface area contributed by atoms with E-state index in [0.29, 0.717) is 43.2 Å². The normalized spacial score (nSPS) is 21.6. The number of piperidine rings is 1. The van der Waals surface area contributed by atoms with Crippen LogP contribution in [0, 0.1) is 5.92 Å². The van der Waals surface area contributed by atoms with E-state index in [9.17, 15) is 14.4 Å². The van der Waals surface area contributed by atoms with E-state index in [1.807, 2.05) is 39.8 Å². The van der Waals surface area contributed by atoms with E-state index < -0.39 is 0 Å². The molecule has 0 saturated carbocycles. The molecule has 2 fully saturated rings. The summed E-state index contributed by atoms with van der Waals surface area (Å²) in [5, 5.41) is 3.20. The topological polar surface area (TPSA) is 88.3 Å². The third-order valence-electron chi connectivity index (χ3n) is 9.66. The number of benzene rings is 2. The van der Waals surface area contributed by atoms with Gasteiger partial charge in [0.25, 0.3) is 11.5 Å². The van der Waals surface area contributed by atoms with Crippen LogP contribution < -0.4 is 20.7 Å². The van der Waals surface area contributed by atoms with Gasteiger partial charge in [0.05, 0.1) is 37.6 Å². The molecule has 2 N–H and O–H groups in total. The van der Waals surface area contributed by atoms with Crippen LogP contribution in [0.15, 0.2) is 65.5 Å². The van der Waals surface area contributed by atoms with E-state index in [2.05, 4.69) is 34.5 Å². The Hall–Kier alpha value is -3.95. The lowest BCUT2D eigenvalue weighted by molar-refractivity contribution is -0.907.